The highest BCUT2D eigenvalue weighted by Crippen LogP contribution is 2.42. The van der Waals surface area contributed by atoms with E-state index in [4.69, 9.17) is 4.42 Å². The number of fused-ring (bicyclic) bond motifs is 9. The third-order valence-electron chi connectivity index (χ3n) is 12.9. The van der Waals surface area contributed by atoms with Gasteiger partial charge in [0.25, 0.3) is 0 Å². The number of anilines is 3. The number of nitrogens with zero attached hydrogens (tertiary/aromatic N) is 3. The molecule has 0 fully saturated rings. The fraction of sp³-hybridized carbons (Fsp3) is 0. The SMILES string of the molecule is c1ccc(-n2c3ccccc3c3cc(-c4ccc(N(c5ccc(-c6ccc7c8ccccc8n(-c8ccccc8)c7c6)cc5)c5ccc6c(c5)oc5ccccc56)cc4)ccc32)cc1. The average Bonchev–Trinajstić information content (AvgIpc) is 4.02. The van der Waals surface area contributed by atoms with Crippen molar-refractivity contribution in [3.63, 3.8) is 0 Å². The number of aromatic nitrogens is 2. The molecule has 10 aromatic carbocycles. The van der Waals surface area contributed by atoms with E-state index in [-0.39, 0.29) is 0 Å². The van der Waals surface area contributed by atoms with Crippen LogP contribution in [0.25, 0.3) is 99.2 Å². The van der Waals surface area contributed by atoms with Crippen molar-refractivity contribution in [1.82, 2.24) is 9.13 Å². The summed E-state index contributed by atoms with van der Waals surface area (Å²) in [5.74, 6) is 0. The number of furan rings is 1. The van der Waals surface area contributed by atoms with Crippen molar-refractivity contribution in [2.24, 2.45) is 0 Å². The Kier molecular flexibility index (Phi) is 8.18. The third-order valence-corrected chi connectivity index (χ3v) is 12.9. The molecule has 0 N–H and O–H groups in total. The summed E-state index contributed by atoms with van der Waals surface area (Å²) >= 11 is 0. The highest BCUT2D eigenvalue weighted by Gasteiger charge is 2.18. The quantitative estimate of drug-likeness (QED) is 0.160. The molecule has 0 spiro atoms. The first kappa shape index (κ1) is 36.1. The highest BCUT2D eigenvalue weighted by atomic mass is 16.3. The maximum Gasteiger partial charge on any atom is 0.137 e. The van der Waals surface area contributed by atoms with Crippen LogP contribution in [-0.2, 0) is 0 Å². The summed E-state index contributed by atoms with van der Waals surface area (Å²) in [6.07, 6.45) is 0. The van der Waals surface area contributed by atoms with Gasteiger partial charge in [-0.1, -0.05) is 133 Å². The predicted molar refractivity (Wildman–Crippen MR) is 268 cm³/mol. The molecule has 0 amide bonds. The number of benzene rings is 10. The second-order valence-corrected chi connectivity index (χ2v) is 16.5. The number of hydrogen-bond acceptors (Lipinski definition) is 2. The van der Waals surface area contributed by atoms with Gasteiger partial charge < -0.3 is 18.5 Å². The van der Waals surface area contributed by atoms with Gasteiger partial charge in [0.1, 0.15) is 11.2 Å². The summed E-state index contributed by atoms with van der Waals surface area (Å²) in [6, 6.07) is 85.1. The lowest BCUT2D eigenvalue weighted by atomic mass is 10.0. The van der Waals surface area contributed by atoms with Crippen LogP contribution in [0.1, 0.15) is 0 Å². The van der Waals surface area contributed by atoms with E-state index in [9.17, 15) is 0 Å². The molecule has 0 atom stereocenters. The molecule has 0 unspecified atom stereocenters. The smallest absolute Gasteiger partial charge is 0.137 e. The van der Waals surface area contributed by atoms with Gasteiger partial charge in [0.2, 0.25) is 0 Å². The van der Waals surface area contributed by atoms with Crippen molar-refractivity contribution in [2.75, 3.05) is 4.90 Å². The number of hydrogen-bond donors (Lipinski definition) is 0. The van der Waals surface area contributed by atoms with E-state index >= 15 is 0 Å². The molecular formula is C60H39N3O. The van der Waals surface area contributed by atoms with Crippen LogP contribution in [0.5, 0.6) is 0 Å². The Bertz CT molecular complexity index is 3880. The average molecular weight is 818 g/mol. The summed E-state index contributed by atoms with van der Waals surface area (Å²) in [5.41, 5.74) is 16.7. The largest absolute Gasteiger partial charge is 0.456 e. The van der Waals surface area contributed by atoms with E-state index in [1.165, 1.54) is 54.7 Å². The Hall–Kier alpha value is -8.60. The van der Waals surface area contributed by atoms with Crippen LogP contribution in [-0.4, -0.2) is 9.13 Å². The minimum Gasteiger partial charge on any atom is -0.456 e. The molecule has 3 heterocycles. The second kappa shape index (κ2) is 14.5. The van der Waals surface area contributed by atoms with Crippen molar-refractivity contribution >= 4 is 82.6 Å². The van der Waals surface area contributed by atoms with Crippen LogP contribution < -0.4 is 4.90 Å². The highest BCUT2D eigenvalue weighted by molar-refractivity contribution is 6.12. The van der Waals surface area contributed by atoms with Gasteiger partial charge in [-0.25, -0.2) is 0 Å². The zero-order valence-electron chi connectivity index (χ0n) is 34.8. The van der Waals surface area contributed by atoms with Crippen LogP contribution in [0, 0.1) is 0 Å². The van der Waals surface area contributed by atoms with Crippen molar-refractivity contribution in [3.8, 4) is 33.6 Å². The van der Waals surface area contributed by atoms with Gasteiger partial charge in [0, 0.05) is 66.8 Å². The van der Waals surface area contributed by atoms with E-state index in [1.54, 1.807) is 0 Å². The Balaban J connectivity index is 0.905. The maximum atomic E-state index is 6.43. The fourth-order valence-corrected chi connectivity index (χ4v) is 9.92. The molecule has 13 aromatic rings. The first-order valence-corrected chi connectivity index (χ1v) is 21.8. The molecule has 0 aliphatic heterocycles. The summed E-state index contributed by atoms with van der Waals surface area (Å²) in [4.78, 5) is 2.33. The Labute approximate surface area is 369 Å². The molecule has 3 aromatic heterocycles. The Morgan fingerprint density at radius 3 is 1.36 bits per heavy atom. The standard InChI is InChI=1S/C60H39N3O/c1-3-13-44(14-4-1)62-56-21-11-8-18-50(56)54-37-42(28-36-57(54)62)40-23-29-46(30-24-40)61(48-33-35-53-52-19-9-12-22-59(52)64-60(53)39-48)47-31-25-41(26-32-47)43-27-34-51-49-17-7-10-20-55(49)63(58(51)38-43)45-15-5-2-6-16-45/h1-39H. The first-order chi connectivity index (χ1) is 31.7. The molecule has 0 bridgehead atoms. The molecule has 4 nitrogen and oxygen atoms in total. The molecule has 0 saturated carbocycles. The molecule has 0 aliphatic rings. The zero-order valence-corrected chi connectivity index (χ0v) is 34.8. The summed E-state index contributed by atoms with van der Waals surface area (Å²) < 4.78 is 11.2. The van der Waals surface area contributed by atoms with Gasteiger partial charge in [-0.05, 0) is 119 Å². The van der Waals surface area contributed by atoms with E-state index in [2.05, 4.69) is 238 Å². The first-order valence-electron chi connectivity index (χ1n) is 21.8. The molecule has 13 rings (SSSR count). The molecule has 0 saturated heterocycles. The van der Waals surface area contributed by atoms with Crippen molar-refractivity contribution in [3.05, 3.63) is 237 Å². The van der Waals surface area contributed by atoms with E-state index in [1.807, 2.05) is 12.1 Å². The van der Waals surface area contributed by atoms with Gasteiger partial charge in [-0.2, -0.15) is 0 Å². The fourth-order valence-electron chi connectivity index (χ4n) is 9.92. The van der Waals surface area contributed by atoms with Crippen LogP contribution in [0.15, 0.2) is 241 Å². The van der Waals surface area contributed by atoms with Crippen LogP contribution in [0.4, 0.5) is 17.1 Å². The van der Waals surface area contributed by atoms with Gasteiger partial charge in [-0.15, -0.1) is 0 Å². The third kappa shape index (κ3) is 5.77. The summed E-state index contributed by atoms with van der Waals surface area (Å²) in [7, 11) is 0. The minimum atomic E-state index is 0.863. The minimum absolute atomic E-state index is 0.863. The molecular weight excluding hydrogens is 779 g/mol. The molecule has 4 heteroatoms. The number of para-hydroxylation sites is 5. The van der Waals surface area contributed by atoms with Gasteiger partial charge in [0.05, 0.1) is 22.1 Å². The molecule has 0 radical (unpaired) electrons. The lowest BCUT2D eigenvalue weighted by Crippen LogP contribution is -2.09. The normalized spacial score (nSPS) is 11.8. The van der Waals surface area contributed by atoms with Gasteiger partial charge in [-0.3, -0.25) is 0 Å². The number of rotatable bonds is 7. The monoisotopic (exact) mass is 817 g/mol. The summed E-state index contributed by atoms with van der Waals surface area (Å²) in [6.45, 7) is 0. The lowest BCUT2D eigenvalue weighted by molar-refractivity contribution is 0.669. The van der Waals surface area contributed by atoms with Crippen molar-refractivity contribution in [1.29, 1.82) is 0 Å². The molecule has 0 aliphatic carbocycles. The predicted octanol–water partition coefficient (Wildman–Crippen LogP) is 16.6. The lowest BCUT2D eigenvalue weighted by Gasteiger charge is -2.26. The summed E-state index contributed by atoms with van der Waals surface area (Å²) in [5, 5.41) is 7.21. The second-order valence-electron chi connectivity index (χ2n) is 16.5. The topological polar surface area (TPSA) is 26.2 Å². The van der Waals surface area contributed by atoms with E-state index < -0.39 is 0 Å². The van der Waals surface area contributed by atoms with Crippen LogP contribution in [0.3, 0.4) is 0 Å². The molecule has 64 heavy (non-hydrogen) atoms. The van der Waals surface area contributed by atoms with E-state index in [0.717, 1.165) is 61.5 Å². The maximum absolute atomic E-state index is 6.43. The van der Waals surface area contributed by atoms with Gasteiger partial charge >= 0.3 is 0 Å². The Morgan fingerprint density at radius 2 is 0.703 bits per heavy atom. The Morgan fingerprint density at radius 1 is 0.266 bits per heavy atom. The van der Waals surface area contributed by atoms with Crippen LogP contribution >= 0.6 is 0 Å². The van der Waals surface area contributed by atoms with Gasteiger partial charge in [0.15, 0.2) is 0 Å². The molecule has 300 valence electrons. The zero-order chi connectivity index (χ0) is 42.1. The van der Waals surface area contributed by atoms with Crippen molar-refractivity contribution < 1.29 is 4.42 Å². The van der Waals surface area contributed by atoms with Crippen LogP contribution in [0.2, 0.25) is 0 Å². The van der Waals surface area contributed by atoms with E-state index in [0.29, 0.717) is 0 Å². The van der Waals surface area contributed by atoms with Crippen molar-refractivity contribution in [2.45, 2.75) is 0 Å².